The average Bonchev–Trinajstić information content (AvgIpc) is 2.73. The Kier molecular flexibility index (Phi) is 2.64. The number of hydrogen-bond acceptors (Lipinski definition) is 3. The molecule has 0 aromatic heterocycles. The van der Waals surface area contributed by atoms with E-state index in [0.29, 0.717) is 6.42 Å². The topological polar surface area (TPSA) is 55.8 Å². The zero-order chi connectivity index (χ0) is 14.5. The van der Waals surface area contributed by atoms with Gasteiger partial charge in [0.1, 0.15) is 0 Å². The van der Waals surface area contributed by atoms with E-state index in [-0.39, 0.29) is 36.7 Å². The first-order valence-corrected chi connectivity index (χ1v) is 6.10. The molecule has 0 bridgehead atoms. The van der Waals surface area contributed by atoms with Crippen LogP contribution in [0.4, 0.5) is 13.2 Å². The second kappa shape index (κ2) is 4.04. The van der Waals surface area contributed by atoms with E-state index < -0.39 is 23.1 Å². The van der Waals surface area contributed by atoms with Crippen LogP contribution in [0.1, 0.15) is 30.4 Å². The smallest absolute Gasteiger partial charge is 0.416 e. The van der Waals surface area contributed by atoms with E-state index in [1.807, 2.05) is 0 Å². The molecule has 0 spiro atoms. The second-order valence-corrected chi connectivity index (χ2v) is 4.96. The largest absolute Gasteiger partial charge is 0.481 e. The Hall–Kier alpha value is -1.92. The van der Waals surface area contributed by atoms with Crippen molar-refractivity contribution in [3.63, 3.8) is 0 Å². The molecule has 0 saturated heterocycles. The Balaban J connectivity index is 2.27. The van der Waals surface area contributed by atoms with Crippen LogP contribution in [-0.2, 0) is 16.4 Å². The molecule has 108 valence electrons. The number of halogens is 3. The Morgan fingerprint density at radius 2 is 1.95 bits per heavy atom. The number of carboxylic acids is 1. The van der Waals surface area contributed by atoms with Gasteiger partial charge in [-0.3, -0.25) is 4.79 Å². The number of ether oxygens (including phenoxy) is 2. The average molecular weight is 288 g/mol. The lowest BCUT2D eigenvalue weighted by Crippen LogP contribution is -2.44. The highest BCUT2D eigenvalue weighted by molar-refractivity contribution is 5.85. The lowest BCUT2D eigenvalue weighted by atomic mass is 9.63. The van der Waals surface area contributed by atoms with Crippen LogP contribution in [0.3, 0.4) is 0 Å². The van der Waals surface area contributed by atoms with Gasteiger partial charge in [-0.15, -0.1) is 0 Å². The van der Waals surface area contributed by atoms with Crippen molar-refractivity contribution in [2.45, 2.75) is 30.9 Å². The summed E-state index contributed by atoms with van der Waals surface area (Å²) < 4.78 is 49.7. The summed E-state index contributed by atoms with van der Waals surface area (Å²) in [7, 11) is 0. The number of rotatable bonds is 2. The summed E-state index contributed by atoms with van der Waals surface area (Å²) in [6, 6.07) is 2.04. The van der Waals surface area contributed by atoms with E-state index in [1.54, 1.807) is 0 Å². The van der Waals surface area contributed by atoms with Gasteiger partial charge in [-0.25, -0.2) is 0 Å². The molecule has 1 aromatic carbocycles. The van der Waals surface area contributed by atoms with Crippen LogP contribution in [0, 0.1) is 0 Å². The maximum atomic E-state index is 13.2. The molecule has 1 aliphatic carbocycles. The monoisotopic (exact) mass is 288 g/mol. The molecular weight excluding hydrogens is 277 g/mol. The fourth-order valence-corrected chi connectivity index (χ4v) is 2.78. The van der Waals surface area contributed by atoms with Crippen LogP contribution in [-0.4, -0.2) is 17.9 Å². The summed E-state index contributed by atoms with van der Waals surface area (Å²) in [5.41, 5.74) is -2.77. The Bertz CT molecular complexity index is 576. The predicted octanol–water partition coefficient (Wildman–Crippen LogP) is 2.94. The van der Waals surface area contributed by atoms with Gasteiger partial charge in [-0.2, -0.15) is 13.2 Å². The zero-order valence-electron chi connectivity index (χ0n) is 10.3. The molecule has 1 aliphatic heterocycles. The summed E-state index contributed by atoms with van der Waals surface area (Å²) in [5, 5.41) is 9.39. The van der Waals surface area contributed by atoms with E-state index in [4.69, 9.17) is 9.47 Å². The number of alkyl halides is 3. The van der Waals surface area contributed by atoms with Crippen molar-refractivity contribution in [2.24, 2.45) is 0 Å². The van der Waals surface area contributed by atoms with Crippen molar-refractivity contribution in [1.82, 2.24) is 0 Å². The SMILES string of the molecule is O=C(O)C1(c2c(C(F)(F)F)ccc3c2OCO3)CCC1. The number of benzene rings is 1. The molecule has 1 saturated carbocycles. The number of fused-ring (bicyclic) bond motifs is 1. The number of carbonyl (C=O) groups is 1. The van der Waals surface area contributed by atoms with E-state index in [2.05, 4.69) is 0 Å². The van der Waals surface area contributed by atoms with Gasteiger partial charge in [-0.05, 0) is 25.0 Å². The van der Waals surface area contributed by atoms with Crippen LogP contribution in [0.2, 0.25) is 0 Å². The number of aliphatic carboxylic acids is 1. The number of hydrogen-bond donors (Lipinski definition) is 1. The number of carboxylic acid groups (broad SMARTS) is 1. The Morgan fingerprint density at radius 1 is 1.25 bits per heavy atom. The summed E-state index contributed by atoms with van der Waals surface area (Å²) in [6.45, 7) is -0.195. The lowest BCUT2D eigenvalue weighted by molar-refractivity contribution is -0.149. The molecule has 1 N–H and O–H groups in total. The first-order valence-electron chi connectivity index (χ1n) is 6.10. The second-order valence-electron chi connectivity index (χ2n) is 4.96. The highest BCUT2D eigenvalue weighted by Gasteiger charge is 2.53. The highest BCUT2D eigenvalue weighted by atomic mass is 19.4. The van der Waals surface area contributed by atoms with E-state index in [0.717, 1.165) is 6.07 Å². The fourth-order valence-electron chi connectivity index (χ4n) is 2.78. The molecule has 1 heterocycles. The normalized spacial score (nSPS) is 19.6. The molecular formula is C13H11F3O4. The molecule has 2 aliphatic rings. The van der Waals surface area contributed by atoms with Crippen LogP contribution < -0.4 is 9.47 Å². The minimum Gasteiger partial charge on any atom is -0.481 e. The van der Waals surface area contributed by atoms with Crippen LogP contribution in [0.25, 0.3) is 0 Å². The molecule has 0 amide bonds. The lowest BCUT2D eigenvalue weighted by Gasteiger charge is -2.39. The quantitative estimate of drug-likeness (QED) is 0.909. The summed E-state index contributed by atoms with van der Waals surface area (Å²) in [6.07, 6.45) is -3.71. The van der Waals surface area contributed by atoms with Gasteiger partial charge < -0.3 is 14.6 Å². The van der Waals surface area contributed by atoms with E-state index in [1.165, 1.54) is 6.07 Å². The third-order valence-corrected chi connectivity index (χ3v) is 3.94. The third-order valence-electron chi connectivity index (χ3n) is 3.94. The predicted molar refractivity (Wildman–Crippen MR) is 60.7 cm³/mol. The van der Waals surface area contributed by atoms with Crippen LogP contribution in [0.5, 0.6) is 11.5 Å². The fraction of sp³-hybridized carbons (Fsp3) is 0.462. The van der Waals surface area contributed by atoms with E-state index in [9.17, 15) is 23.1 Å². The van der Waals surface area contributed by atoms with Gasteiger partial charge in [0.05, 0.1) is 11.0 Å². The first kappa shape index (κ1) is 13.1. The molecule has 4 nitrogen and oxygen atoms in total. The minimum atomic E-state index is -4.63. The summed E-state index contributed by atoms with van der Waals surface area (Å²) in [5.74, 6) is -1.17. The Morgan fingerprint density at radius 3 is 2.45 bits per heavy atom. The van der Waals surface area contributed by atoms with Crippen molar-refractivity contribution in [1.29, 1.82) is 0 Å². The highest BCUT2D eigenvalue weighted by Crippen LogP contribution is 2.55. The Labute approximate surface area is 112 Å². The van der Waals surface area contributed by atoms with Crippen molar-refractivity contribution in [3.8, 4) is 11.5 Å². The molecule has 1 fully saturated rings. The molecule has 0 radical (unpaired) electrons. The van der Waals surface area contributed by atoms with Gasteiger partial charge in [-0.1, -0.05) is 6.42 Å². The van der Waals surface area contributed by atoms with Gasteiger partial charge >= 0.3 is 12.1 Å². The van der Waals surface area contributed by atoms with Gasteiger partial charge in [0.25, 0.3) is 0 Å². The minimum absolute atomic E-state index is 0.0816. The van der Waals surface area contributed by atoms with Gasteiger partial charge in [0, 0.05) is 5.56 Å². The molecule has 0 unspecified atom stereocenters. The van der Waals surface area contributed by atoms with Crippen LogP contribution >= 0.6 is 0 Å². The zero-order valence-corrected chi connectivity index (χ0v) is 10.3. The maximum absolute atomic E-state index is 13.2. The molecule has 20 heavy (non-hydrogen) atoms. The van der Waals surface area contributed by atoms with Gasteiger partial charge in [0.15, 0.2) is 11.5 Å². The third kappa shape index (κ3) is 1.65. The van der Waals surface area contributed by atoms with Crippen LogP contribution in [0.15, 0.2) is 12.1 Å². The van der Waals surface area contributed by atoms with Crippen molar-refractivity contribution >= 4 is 5.97 Å². The molecule has 0 atom stereocenters. The summed E-state index contributed by atoms with van der Waals surface area (Å²) in [4.78, 5) is 11.5. The van der Waals surface area contributed by atoms with Crippen molar-refractivity contribution < 1.29 is 32.5 Å². The summed E-state index contributed by atoms with van der Waals surface area (Å²) >= 11 is 0. The van der Waals surface area contributed by atoms with Crippen molar-refractivity contribution in [3.05, 3.63) is 23.3 Å². The van der Waals surface area contributed by atoms with Gasteiger partial charge in [0.2, 0.25) is 6.79 Å². The molecule has 1 aromatic rings. The van der Waals surface area contributed by atoms with Crippen molar-refractivity contribution in [2.75, 3.05) is 6.79 Å². The first-order chi connectivity index (χ1) is 9.36. The van der Waals surface area contributed by atoms with E-state index >= 15 is 0 Å². The maximum Gasteiger partial charge on any atom is 0.416 e. The molecule has 7 heteroatoms. The standard InChI is InChI=1S/C13H11F3O4/c14-13(15,16)7-2-3-8-10(20-6-19-8)9(7)12(11(17)18)4-1-5-12/h2-3H,1,4-6H2,(H,17,18). The molecule has 3 rings (SSSR count).